The molecule has 2 aromatic carbocycles. The summed E-state index contributed by atoms with van der Waals surface area (Å²) in [7, 11) is 0. The zero-order valence-corrected chi connectivity index (χ0v) is 12.7. The Balaban J connectivity index is 1.91. The second-order valence-corrected chi connectivity index (χ2v) is 5.47. The van der Waals surface area contributed by atoms with Crippen molar-refractivity contribution < 1.29 is 5.11 Å². The Labute approximate surface area is 131 Å². The van der Waals surface area contributed by atoms with E-state index in [1.165, 1.54) is 0 Å². The summed E-state index contributed by atoms with van der Waals surface area (Å²) in [6.45, 7) is 0. The van der Waals surface area contributed by atoms with Gasteiger partial charge in [-0.3, -0.25) is 4.99 Å². The van der Waals surface area contributed by atoms with E-state index in [0.717, 1.165) is 21.5 Å². The zero-order valence-electron chi connectivity index (χ0n) is 11.1. The molecule has 3 rings (SSSR count). The van der Waals surface area contributed by atoms with Gasteiger partial charge in [0.25, 0.3) is 0 Å². The molecule has 0 fully saturated rings. The van der Waals surface area contributed by atoms with Crippen LogP contribution in [0.2, 0.25) is 0 Å². The third kappa shape index (κ3) is 3.23. The van der Waals surface area contributed by atoms with Crippen LogP contribution in [0.5, 0.6) is 5.75 Å². The van der Waals surface area contributed by atoms with E-state index in [2.05, 4.69) is 25.5 Å². The maximum atomic E-state index is 9.45. The topological polar surface area (TPSA) is 37.5 Å². The van der Waals surface area contributed by atoms with Crippen LogP contribution in [0.25, 0.3) is 5.69 Å². The Kier molecular flexibility index (Phi) is 3.88. The molecule has 0 bridgehead atoms. The van der Waals surface area contributed by atoms with Crippen LogP contribution < -0.4 is 0 Å². The molecule has 1 aromatic heterocycles. The van der Waals surface area contributed by atoms with E-state index >= 15 is 0 Å². The summed E-state index contributed by atoms with van der Waals surface area (Å²) in [5, 5.41) is 9.45. The van der Waals surface area contributed by atoms with Crippen molar-refractivity contribution in [2.75, 3.05) is 0 Å². The van der Waals surface area contributed by atoms with Crippen LogP contribution in [0.1, 0.15) is 5.69 Å². The summed E-state index contributed by atoms with van der Waals surface area (Å²) in [4.78, 5) is 4.40. The molecule has 1 N–H and O–H groups in total. The molecule has 0 amide bonds. The summed E-state index contributed by atoms with van der Waals surface area (Å²) in [5.41, 5.74) is 2.76. The molecule has 0 atom stereocenters. The van der Waals surface area contributed by atoms with E-state index in [-0.39, 0.29) is 5.75 Å². The molecule has 4 heteroatoms. The van der Waals surface area contributed by atoms with Gasteiger partial charge in [0.1, 0.15) is 5.75 Å². The summed E-state index contributed by atoms with van der Waals surface area (Å²) in [6.07, 6.45) is 3.78. The molecule has 0 aliphatic carbocycles. The first-order valence-electron chi connectivity index (χ1n) is 6.49. The summed E-state index contributed by atoms with van der Waals surface area (Å²) < 4.78 is 3.10. The molecule has 0 aliphatic rings. The van der Waals surface area contributed by atoms with Gasteiger partial charge >= 0.3 is 0 Å². The van der Waals surface area contributed by atoms with Gasteiger partial charge in [-0.05, 0) is 48.5 Å². The highest BCUT2D eigenvalue weighted by molar-refractivity contribution is 9.10. The first kappa shape index (κ1) is 13.6. The average molecular weight is 341 g/mol. The lowest BCUT2D eigenvalue weighted by atomic mass is 10.3. The fraction of sp³-hybridized carbons (Fsp3) is 0. The highest BCUT2D eigenvalue weighted by atomic mass is 79.9. The van der Waals surface area contributed by atoms with Crippen molar-refractivity contribution in [3.05, 3.63) is 77.0 Å². The van der Waals surface area contributed by atoms with Crippen molar-refractivity contribution in [1.29, 1.82) is 0 Å². The van der Waals surface area contributed by atoms with E-state index < -0.39 is 0 Å². The SMILES string of the molecule is Oc1cccc(N=Cc2cccn2-c2ccc(Br)cc2)c1. The van der Waals surface area contributed by atoms with E-state index in [0.29, 0.717) is 0 Å². The molecular weight excluding hydrogens is 328 g/mol. The fourth-order valence-corrected chi connectivity index (χ4v) is 2.31. The van der Waals surface area contributed by atoms with Gasteiger partial charge in [-0.1, -0.05) is 22.0 Å². The molecule has 21 heavy (non-hydrogen) atoms. The van der Waals surface area contributed by atoms with Gasteiger partial charge in [-0.2, -0.15) is 0 Å². The second kappa shape index (κ2) is 5.97. The van der Waals surface area contributed by atoms with E-state index in [4.69, 9.17) is 0 Å². The fourth-order valence-electron chi connectivity index (χ4n) is 2.05. The molecule has 0 spiro atoms. The van der Waals surface area contributed by atoms with Crippen LogP contribution in [0, 0.1) is 0 Å². The molecule has 104 valence electrons. The third-order valence-electron chi connectivity index (χ3n) is 3.06. The van der Waals surface area contributed by atoms with Crippen molar-refractivity contribution in [2.24, 2.45) is 4.99 Å². The summed E-state index contributed by atoms with van der Waals surface area (Å²) >= 11 is 3.44. The normalized spacial score (nSPS) is 11.1. The number of aromatic hydroxyl groups is 1. The van der Waals surface area contributed by atoms with Crippen molar-refractivity contribution in [3.63, 3.8) is 0 Å². The van der Waals surface area contributed by atoms with Gasteiger partial charge in [0.2, 0.25) is 0 Å². The second-order valence-electron chi connectivity index (χ2n) is 4.56. The highest BCUT2D eigenvalue weighted by Gasteiger charge is 2.01. The van der Waals surface area contributed by atoms with Crippen LogP contribution in [-0.4, -0.2) is 15.9 Å². The van der Waals surface area contributed by atoms with Crippen LogP contribution in [0.3, 0.4) is 0 Å². The maximum absolute atomic E-state index is 9.45. The lowest BCUT2D eigenvalue weighted by Gasteiger charge is -2.06. The number of aliphatic imine (C=N–C) groups is 1. The Morgan fingerprint density at radius 3 is 2.57 bits per heavy atom. The minimum atomic E-state index is 0.216. The lowest BCUT2D eigenvalue weighted by molar-refractivity contribution is 0.475. The first-order valence-corrected chi connectivity index (χ1v) is 7.28. The average Bonchev–Trinajstić information content (AvgIpc) is 2.94. The molecule has 3 aromatic rings. The maximum Gasteiger partial charge on any atom is 0.117 e. The quantitative estimate of drug-likeness (QED) is 0.689. The molecule has 0 saturated heterocycles. The van der Waals surface area contributed by atoms with Crippen molar-refractivity contribution >= 4 is 27.8 Å². The number of aromatic nitrogens is 1. The minimum absolute atomic E-state index is 0.216. The van der Waals surface area contributed by atoms with E-state index in [1.807, 2.05) is 48.7 Å². The summed E-state index contributed by atoms with van der Waals surface area (Å²) in [6, 6.07) is 18.9. The van der Waals surface area contributed by atoms with Crippen molar-refractivity contribution in [2.45, 2.75) is 0 Å². The number of nitrogens with zero attached hydrogens (tertiary/aromatic N) is 2. The number of halogens is 1. The van der Waals surface area contributed by atoms with E-state index in [9.17, 15) is 5.11 Å². The molecule has 0 aliphatic heterocycles. The standard InChI is InChI=1S/C17H13BrN2O/c18-13-6-8-15(9-7-13)20-10-2-4-16(20)12-19-14-3-1-5-17(21)11-14/h1-12,21H. The number of rotatable bonds is 3. The number of phenolic OH excluding ortho intramolecular Hbond substituents is 1. The molecule has 1 heterocycles. The van der Waals surface area contributed by atoms with Gasteiger partial charge in [-0.15, -0.1) is 0 Å². The monoisotopic (exact) mass is 340 g/mol. The van der Waals surface area contributed by atoms with Gasteiger partial charge in [0.15, 0.2) is 0 Å². The molecule has 0 unspecified atom stereocenters. The smallest absolute Gasteiger partial charge is 0.117 e. The predicted octanol–water partition coefficient (Wildman–Crippen LogP) is 4.70. The minimum Gasteiger partial charge on any atom is -0.508 e. The largest absolute Gasteiger partial charge is 0.508 e. The highest BCUT2D eigenvalue weighted by Crippen LogP contribution is 2.19. The van der Waals surface area contributed by atoms with Crippen molar-refractivity contribution in [1.82, 2.24) is 4.57 Å². The molecule has 0 radical (unpaired) electrons. The summed E-state index contributed by atoms with van der Waals surface area (Å²) in [5.74, 6) is 0.216. The van der Waals surface area contributed by atoms with Gasteiger partial charge in [-0.25, -0.2) is 0 Å². The van der Waals surface area contributed by atoms with Crippen LogP contribution in [0.15, 0.2) is 76.3 Å². The Bertz CT molecular complexity index is 775. The third-order valence-corrected chi connectivity index (χ3v) is 3.59. The molecule has 3 nitrogen and oxygen atoms in total. The van der Waals surface area contributed by atoms with E-state index in [1.54, 1.807) is 24.4 Å². The Hall–Kier alpha value is -2.33. The van der Waals surface area contributed by atoms with Crippen LogP contribution in [-0.2, 0) is 0 Å². The van der Waals surface area contributed by atoms with Crippen LogP contribution >= 0.6 is 15.9 Å². The number of hydrogen-bond acceptors (Lipinski definition) is 2. The number of benzene rings is 2. The van der Waals surface area contributed by atoms with Gasteiger partial charge < -0.3 is 9.67 Å². The van der Waals surface area contributed by atoms with Gasteiger partial charge in [0, 0.05) is 22.4 Å². The van der Waals surface area contributed by atoms with Crippen molar-refractivity contribution in [3.8, 4) is 11.4 Å². The Morgan fingerprint density at radius 1 is 1.00 bits per heavy atom. The number of phenols is 1. The zero-order chi connectivity index (χ0) is 14.7. The number of hydrogen-bond donors (Lipinski definition) is 1. The van der Waals surface area contributed by atoms with Gasteiger partial charge in [0.05, 0.1) is 17.6 Å². The van der Waals surface area contributed by atoms with Crippen LogP contribution in [0.4, 0.5) is 5.69 Å². The molecule has 0 saturated carbocycles. The first-order chi connectivity index (χ1) is 10.2. The lowest BCUT2D eigenvalue weighted by Crippen LogP contribution is -1.97. The molecular formula is C17H13BrN2O. The predicted molar refractivity (Wildman–Crippen MR) is 88.8 cm³/mol. The Morgan fingerprint density at radius 2 is 1.81 bits per heavy atom.